The number of nitrogen functional groups attached to an aromatic ring is 1. The molecule has 0 atom stereocenters. The molecule has 0 bridgehead atoms. The van der Waals surface area contributed by atoms with Crippen molar-refractivity contribution in [1.29, 1.82) is 0 Å². The molecule has 84 valence electrons. The standard InChI is InChI=1S/C13H11N3O/c1-17-9-2-3-11-8(6-9)7-12-13(16-11)10(14)4-5-15-12/h2-7H,1H3,(H2,14,15). The highest BCUT2D eigenvalue weighted by molar-refractivity contribution is 5.95. The van der Waals surface area contributed by atoms with Crippen LogP contribution < -0.4 is 10.5 Å². The van der Waals surface area contributed by atoms with Gasteiger partial charge < -0.3 is 10.5 Å². The average Bonchev–Trinajstić information content (AvgIpc) is 2.36. The van der Waals surface area contributed by atoms with Gasteiger partial charge in [0.1, 0.15) is 11.3 Å². The first-order valence-electron chi connectivity index (χ1n) is 5.27. The first kappa shape index (κ1) is 9.84. The number of hydrogen-bond acceptors (Lipinski definition) is 4. The summed E-state index contributed by atoms with van der Waals surface area (Å²) >= 11 is 0. The number of pyridine rings is 2. The second kappa shape index (κ2) is 3.59. The number of nitrogens with two attached hydrogens (primary N) is 1. The molecule has 0 fully saturated rings. The number of aromatic nitrogens is 2. The number of rotatable bonds is 1. The van der Waals surface area contributed by atoms with Crippen LogP contribution >= 0.6 is 0 Å². The zero-order chi connectivity index (χ0) is 11.8. The maximum absolute atomic E-state index is 5.88. The molecule has 1 aromatic carbocycles. The third kappa shape index (κ3) is 1.54. The molecule has 2 heterocycles. The molecule has 2 aromatic heterocycles. The van der Waals surface area contributed by atoms with E-state index < -0.39 is 0 Å². The Labute approximate surface area is 98.1 Å². The maximum atomic E-state index is 5.88. The Bertz CT molecular complexity index is 709. The maximum Gasteiger partial charge on any atom is 0.119 e. The SMILES string of the molecule is COc1ccc2nc3c(N)ccnc3cc2c1. The van der Waals surface area contributed by atoms with Crippen molar-refractivity contribution in [3.8, 4) is 5.75 Å². The smallest absolute Gasteiger partial charge is 0.119 e. The molecule has 0 unspecified atom stereocenters. The van der Waals surface area contributed by atoms with Crippen molar-refractivity contribution in [3.05, 3.63) is 36.5 Å². The van der Waals surface area contributed by atoms with E-state index in [1.165, 1.54) is 0 Å². The summed E-state index contributed by atoms with van der Waals surface area (Å²) in [5.74, 6) is 0.808. The van der Waals surface area contributed by atoms with Crippen molar-refractivity contribution in [3.63, 3.8) is 0 Å². The van der Waals surface area contributed by atoms with Gasteiger partial charge in [-0.3, -0.25) is 4.98 Å². The van der Waals surface area contributed by atoms with Gasteiger partial charge in [-0.2, -0.15) is 0 Å². The molecule has 0 radical (unpaired) electrons. The van der Waals surface area contributed by atoms with Gasteiger partial charge in [0.15, 0.2) is 0 Å². The monoisotopic (exact) mass is 225 g/mol. The predicted molar refractivity (Wildman–Crippen MR) is 68.0 cm³/mol. The van der Waals surface area contributed by atoms with E-state index in [1.807, 2.05) is 24.3 Å². The zero-order valence-corrected chi connectivity index (χ0v) is 9.34. The molecule has 0 saturated heterocycles. The minimum absolute atomic E-state index is 0.646. The van der Waals surface area contributed by atoms with Crippen LogP contribution in [0.25, 0.3) is 21.9 Å². The Morgan fingerprint density at radius 2 is 2.00 bits per heavy atom. The number of anilines is 1. The summed E-state index contributed by atoms with van der Waals surface area (Å²) in [6.45, 7) is 0. The van der Waals surface area contributed by atoms with Crippen LogP contribution in [0.1, 0.15) is 0 Å². The summed E-state index contributed by atoms with van der Waals surface area (Å²) < 4.78 is 5.19. The molecular weight excluding hydrogens is 214 g/mol. The number of nitrogens with zero attached hydrogens (tertiary/aromatic N) is 2. The van der Waals surface area contributed by atoms with E-state index in [1.54, 1.807) is 19.4 Å². The lowest BCUT2D eigenvalue weighted by Crippen LogP contribution is -1.92. The van der Waals surface area contributed by atoms with Crippen LogP contribution in [0, 0.1) is 0 Å². The largest absolute Gasteiger partial charge is 0.497 e. The molecule has 0 spiro atoms. The fourth-order valence-corrected chi connectivity index (χ4v) is 1.86. The van der Waals surface area contributed by atoms with E-state index in [4.69, 9.17) is 10.5 Å². The Kier molecular flexibility index (Phi) is 2.08. The van der Waals surface area contributed by atoms with Crippen molar-refractivity contribution in [2.24, 2.45) is 0 Å². The van der Waals surface area contributed by atoms with Gasteiger partial charge in [0.25, 0.3) is 0 Å². The Morgan fingerprint density at radius 3 is 2.82 bits per heavy atom. The van der Waals surface area contributed by atoms with E-state index in [2.05, 4.69) is 9.97 Å². The van der Waals surface area contributed by atoms with Crippen LogP contribution in [-0.2, 0) is 0 Å². The lowest BCUT2D eigenvalue weighted by Gasteiger charge is -2.05. The van der Waals surface area contributed by atoms with Crippen LogP contribution in [0.3, 0.4) is 0 Å². The van der Waals surface area contributed by atoms with Crippen LogP contribution in [0.4, 0.5) is 5.69 Å². The molecular formula is C13H11N3O. The molecule has 0 amide bonds. The fourth-order valence-electron chi connectivity index (χ4n) is 1.86. The minimum atomic E-state index is 0.646. The number of ether oxygens (including phenoxy) is 1. The Balaban J connectivity index is 2.39. The van der Waals surface area contributed by atoms with Gasteiger partial charge in [0, 0.05) is 11.6 Å². The second-order valence-electron chi connectivity index (χ2n) is 3.81. The molecule has 4 nitrogen and oxygen atoms in total. The molecule has 0 aliphatic heterocycles. The third-order valence-corrected chi connectivity index (χ3v) is 2.74. The molecule has 3 rings (SSSR count). The van der Waals surface area contributed by atoms with Crippen molar-refractivity contribution in [2.75, 3.05) is 12.8 Å². The average molecular weight is 225 g/mol. The molecule has 0 aliphatic carbocycles. The quantitative estimate of drug-likeness (QED) is 0.646. The highest BCUT2D eigenvalue weighted by Crippen LogP contribution is 2.24. The molecule has 3 aromatic rings. The van der Waals surface area contributed by atoms with Gasteiger partial charge in [0.05, 0.1) is 23.8 Å². The highest BCUT2D eigenvalue weighted by atomic mass is 16.5. The Hall–Kier alpha value is -2.36. The summed E-state index contributed by atoms with van der Waals surface area (Å²) in [5, 5.41) is 0.995. The van der Waals surface area contributed by atoms with Gasteiger partial charge in [-0.25, -0.2) is 4.98 Å². The lowest BCUT2D eigenvalue weighted by molar-refractivity contribution is 0.415. The first-order valence-corrected chi connectivity index (χ1v) is 5.27. The third-order valence-electron chi connectivity index (χ3n) is 2.74. The zero-order valence-electron chi connectivity index (χ0n) is 9.34. The van der Waals surface area contributed by atoms with E-state index in [0.29, 0.717) is 5.69 Å². The van der Waals surface area contributed by atoms with Crippen molar-refractivity contribution in [2.45, 2.75) is 0 Å². The Morgan fingerprint density at radius 1 is 1.12 bits per heavy atom. The van der Waals surface area contributed by atoms with Crippen molar-refractivity contribution in [1.82, 2.24) is 9.97 Å². The summed E-state index contributed by atoms with van der Waals surface area (Å²) in [4.78, 5) is 8.77. The first-order chi connectivity index (χ1) is 8.28. The summed E-state index contributed by atoms with van der Waals surface area (Å²) in [7, 11) is 1.64. The highest BCUT2D eigenvalue weighted by Gasteiger charge is 2.04. The number of methoxy groups -OCH3 is 1. The van der Waals surface area contributed by atoms with Crippen LogP contribution in [0.15, 0.2) is 36.5 Å². The van der Waals surface area contributed by atoms with Crippen molar-refractivity contribution >= 4 is 27.6 Å². The van der Waals surface area contributed by atoms with Gasteiger partial charge in [-0.1, -0.05) is 0 Å². The van der Waals surface area contributed by atoms with Crippen LogP contribution in [0.5, 0.6) is 5.75 Å². The van der Waals surface area contributed by atoms with Gasteiger partial charge in [-0.05, 0) is 30.3 Å². The number of fused-ring (bicyclic) bond motifs is 2. The van der Waals surface area contributed by atoms with E-state index in [0.717, 1.165) is 27.7 Å². The molecule has 4 heteroatoms. The van der Waals surface area contributed by atoms with Gasteiger partial charge in [-0.15, -0.1) is 0 Å². The van der Waals surface area contributed by atoms with E-state index in [-0.39, 0.29) is 0 Å². The van der Waals surface area contributed by atoms with E-state index >= 15 is 0 Å². The summed E-state index contributed by atoms with van der Waals surface area (Å²) in [5.41, 5.74) is 8.95. The second-order valence-corrected chi connectivity index (χ2v) is 3.81. The van der Waals surface area contributed by atoms with E-state index in [9.17, 15) is 0 Å². The normalized spacial score (nSPS) is 10.9. The summed E-state index contributed by atoms with van der Waals surface area (Å²) in [6, 6.07) is 9.46. The summed E-state index contributed by atoms with van der Waals surface area (Å²) in [6.07, 6.45) is 1.69. The predicted octanol–water partition coefficient (Wildman–Crippen LogP) is 2.37. The van der Waals surface area contributed by atoms with Crippen LogP contribution in [0.2, 0.25) is 0 Å². The minimum Gasteiger partial charge on any atom is -0.497 e. The van der Waals surface area contributed by atoms with Crippen molar-refractivity contribution < 1.29 is 4.74 Å². The topological polar surface area (TPSA) is 61.0 Å². The number of benzene rings is 1. The molecule has 0 aliphatic rings. The fraction of sp³-hybridized carbons (Fsp3) is 0.0769. The van der Waals surface area contributed by atoms with Crippen LogP contribution in [-0.4, -0.2) is 17.1 Å². The molecule has 0 saturated carbocycles. The number of hydrogen-bond donors (Lipinski definition) is 1. The molecule has 17 heavy (non-hydrogen) atoms. The lowest BCUT2D eigenvalue weighted by atomic mass is 10.1. The van der Waals surface area contributed by atoms with Gasteiger partial charge >= 0.3 is 0 Å². The molecule has 2 N–H and O–H groups in total. The van der Waals surface area contributed by atoms with Gasteiger partial charge in [0.2, 0.25) is 0 Å².